The van der Waals surface area contributed by atoms with Crippen LogP contribution in [0.2, 0.25) is 0 Å². The number of ether oxygens (including phenoxy) is 1. The van der Waals surface area contributed by atoms with Crippen molar-refractivity contribution in [3.8, 4) is 5.75 Å². The highest BCUT2D eigenvalue weighted by molar-refractivity contribution is 9.10. The van der Waals surface area contributed by atoms with Gasteiger partial charge in [-0.15, -0.1) is 0 Å². The molecule has 0 saturated heterocycles. The molecule has 1 aliphatic rings. The standard InChI is InChI=1S/C15H22BrNO/c1-17-15(12-5-2-3-6-12)9-10-18-14-8-4-7-13(16)11-14/h4,7-8,11-12,15,17H,2-3,5-6,9-10H2,1H3. The summed E-state index contributed by atoms with van der Waals surface area (Å²) in [7, 11) is 2.07. The molecule has 1 unspecified atom stereocenters. The maximum atomic E-state index is 5.81. The summed E-state index contributed by atoms with van der Waals surface area (Å²) < 4.78 is 6.88. The maximum absolute atomic E-state index is 5.81. The summed E-state index contributed by atoms with van der Waals surface area (Å²) in [5.74, 6) is 1.80. The second-order valence-electron chi connectivity index (χ2n) is 5.03. The van der Waals surface area contributed by atoms with Gasteiger partial charge in [0.2, 0.25) is 0 Å². The van der Waals surface area contributed by atoms with Crippen LogP contribution < -0.4 is 10.1 Å². The van der Waals surface area contributed by atoms with Gasteiger partial charge < -0.3 is 10.1 Å². The van der Waals surface area contributed by atoms with Gasteiger partial charge in [0.15, 0.2) is 0 Å². The fourth-order valence-electron chi connectivity index (χ4n) is 2.84. The van der Waals surface area contributed by atoms with Crippen molar-refractivity contribution in [3.05, 3.63) is 28.7 Å². The third kappa shape index (κ3) is 3.99. The minimum absolute atomic E-state index is 0.611. The molecule has 0 amide bonds. The van der Waals surface area contributed by atoms with Gasteiger partial charge in [0, 0.05) is 10.5 Å². The SMILES string of the molecule is CNC(CCOc1cccc(Br)c1)C1CCCC1. The Morgan fingerprint density at radius 2 is 2.17 bits per heavy atom. The average molecular weight is 312 g/mol. The molecule has 0 heterocycles. The van der Waals surface area contributed by atoms with Crippen molar-refractivity contribution >= 4 is 15.9 Å². The van der Waals surface area contributed by atoms with Gasteiger partial charge in [0.1, 0.15) is 5.75 Å². The van der Waals surface area contributed by atoms with Gasteiger partial charge in [-0.1, -0.05) is 34.8 Å². The molecule has 1 fully saturated rings. The molecule has 1 N–H and O–H groups in total. The van der Waals surface area contributed by atoms with E-state index >= 15 is 0 Å². The molecule has 3 heteroatoms. The number of hydrogen-bond donors (Lipinski definition) is 1. The molecule has 100 valence electrons. The van der Waals surface area contributed by atoms with Gasteiger partial charge in [-0.2, -0.15) is 0 Å². The van der Waals surface area contributed by atoms with Gasteiger partial charge in [0.05, 0.1) is 6.61 Å². The van der Waals surface area contributed by atoms with E-state index in [0.717, 1.165) is 29.2 Å². The topological polar surface area (TPSA) is 21.3 Å². The highest BCUT2D eigenvalue weighted by atomic mass is 79.9. The minimum atomic E-state index is 0.611. The molecular weight excluding hydrogens is 290 g/mol. The van der Waals surface area contributed by atoms with Gasteiger partial charge in [-0.25, -0.2) is 0 Å². The molecule has 0 bridgehead atoms. The van der Waals surface area contributed by atoms with E-state index in [4.69, 9.17) is 4.74 Å². The predicted octanol–water partition coefficient (Wildman–Crippen LogP) is 4.00. The second kappa shape index (κ2) is 7.15. The molecule has 0 radical (unpaired) electrons. The van der Waals surface area contributed by atoms with Crippen LogP contribution in [0.4, 0.5) is 0 Å². The molecule has 2 rings (SSSR count). The largest absolute Gasteiger partial charge is 0.493 e. The van der Waals surface area contributed by atoms with Crippen LogP contribution in [0, 0.1) is 5.92 Å². The third-order valence-electron chi connectivity index (χ3n) is 3.83. The molecule has 1 aromatic carbocycles. The fraction of sp³-hybridized carbons (Fsp3) is 0.600. The molecule has 1 saturated carbocycles. The summed E-state index contributed by atoms with van der Waals surface area (Å²) in [4.78, 5) is 0. The predicted molar refractivity (Wildman–Crippen MR) is 79.1 cm³/mol. The molecular formula is C15H22BrNO. The summed E-state index contributed by atoms with van der Waals surface area (Å²) >= 11 is 3.46. The first-order valence-electron chi connectivity index (χ1n) is 6.85. The first-order chi connectivity index (χ1) is 8.79. The Hall–Kier alpha value is -0.540. The molecule has 18 heavy (non-hydrogen) atoms. The summed E-state index contributed by atoms with van der Waals surface area (Å²) in [5, 5.41) is 3.45. The first-order valence-corrected chi connectivity index (χ1v) is 7.64. The van der Waals surface area contributed by atoms with E-state index in [0.29, 0.717) is 6.04 Å². The van der Waals surface area contributed by atoms with E-state index in [-0.39, 0.29) is 0 Å². The lowest BCUT2D eigenvalue weighted by Gasteiger charge is -2.22. The van der Waals surface area contributed by atoms with Crippen molar-refractivity contribution in [2.75, 3.05) is 13.7 Å². The molecule has 0 aliphatic heterocycles. The summed E-state index contributed by atoms with van der Waals surface area (Å²) in [6, 6.07) is 8.66. The Labute approximate surface area is 118 Å². The Morgan fingerprint density at radius 3 is 2.83 bits per heavy atom. The summed E-state index contributed by atoms with van der Waals surface area (Å²) in [6.45, 7) is 0.790. The molecule has 1 aromatic rings. The molecule has 1 aliphatic carbocycles. The number of halogens is 1. The number of benzene rings is 1. The maximum Gasteiger partial charge on any atom is 0.120 e. The van der Waals surface area contributed by atoms with Crippen molar-refractivity contribution in [2.24, 2.45) is 5.92 Å². The number of hydrogen-bond acceptors (Lipinski definition) is 2. The van der Waals surface area contributed by atoms with Crippen LogP contribution in [0.25, 0.3) is 0 Å². The van der Waals surface area contributed by atoms with E-state index < -0.39 is 0 Å². The Balaban J connectivity index is 1.76. The van der Waals surface area contributed by atoms with Crippen molar-refractivity contribution in [2.45, 2.75) is 38.1 Å². The molecule has 0 aromatic heterocycles. The van der Waals surface area contributed by atoms with Crippen LogP contribution in [0.5, 0.6) is 5.75 Å². The quantitative estimate of drug-likeness (QED) is 0.857. The van der Waals surface area contributed by atoms with Gasteiger partial charge >= 0.3 is 0 Å². The third-order valence-corrected chi connectivity index (χ3v) is 4.33. The lowest BCUT2D eigenvalue weighted by atomic mass is 9.96. The summed E-state index contributed by atoms with van der Waals surface area (Å²) in [6.07, 6.45) is 6.64. The van der Waals surface area contributed by atoms with E-state index in [2.05, 4.69) is 28.3 Å². The minimum Gasteiger partial charge on any atom is -0.493 e. The van der Waals surface area contributed by atoms with E-state index in [1.165, 1.54) is 25.7 Å². The zero-order valence-corrected chi connectivity index (χ0v) is 12.6. The normalized spacial score (nSPS) is 17.9. The molecule has 2 nitrogen and oxygen atoms in total. The summed E-state index contributed by atoms with van der Waals surface area (Å²) in [5.41, 5.74) is 0. The molecule has 1 atom stereocenters. The Kier molecular flexibility index (Phi) is 5.51. The Bertz CT molecular complexity index is 363. The fourth-order valence-corrected chi connectivity index (χ4v) is 3.21. The van der Waals surface area contributed by atoms with Crippen LogP contribution in [-0.4, -0.2) is 19.7 Å². The van der Waals surface area contributed by atoms with Crippen LogP contribution in [0.3, 0.4) is 0 Å². The highest BCUT2D eigenvalue weighted by Gasteiger charge is 2.23. The average Bonchev–Trinajstić information content (AvgIpc) is 2.88. The zero-order chi connectivity index (χ0) is 12.8. The number of nitrogens with one attached hydrogen (secondary N) is 1. The lowest BCUT2D eigenvalue weighted by Crippen LogP contribution is -2.33. The van der Waals surface area contributed by atoms with E-state index in [9.17, 15) is 0 Å². The van der Waals surface area contributed by atoms with Gasteiger partial charge in [-0.05, 0) is 50.4 Å². The van der Waals surface area contributed by atoms with Crippen molar-refractivity contribution in [1.29, 1.82) is 0 Å². The second-order valence-corrected chi connectivity index (χ2v) is 5.95. The van der Waals surface area contributed by atoms with E-state index in [1.807, 2.05) is 24.3 Å². The van der Waals surface area contributed by atoms with E-state index in [1.54, 1.807) is 0 Å². The molecule has 0 spiro atoms. The van der Waals surface area contributed by atoms with Crippen molar-refractivity contribution < 1.29 is 4.74 Å². The Morgan fingerprint density at radius 1 is 1.39 bits per heavy atom. The van der Waals surface area contributed by atoms with Crippen molar-refractivity contribution in [3.63, 3.8) is 0 Å². The first kappa shape index (κ1) is 13.9. The van der Waals surface area contributed by atoms with Crippen LogP contribution in [0.15, 0.2) is 28.7 Å². The van der Waals surface area contributed by atoms with Crippen molar-refractivity contribution in [1.82, 2.24) is 5.32 Å². The number of rotatable bonds is 6. The van der Waals surface area contributed by atoms with Gasteiger partial charge in [-0.3, -0.25) is 0 Å². The highest BCUT2D eigenvalue weighted by Crippen LogP contribution is 2.29. The zero-order valence-electron chi connectivity index (χ0n) is 11.0. The van der Waals surface area contributed by atoms with Gasteiger partial charge in [0.25, 0.3) is 0 Å². The monoisotopic (exact) mass is 311 g/mol. The smallest absolute Gasteiger partial charge is 0.120 e. The van der Waals surface area contributed by atoms with Crippen LogP contribution in [-0.2, 0) is 0 Å². The lowest BCUT2D eigenvalue weighted by molar-refractivity contribution is 0.258. The van der Waals surface area contributed by atoms with Crippen LogP contribution >= 0.6 is 15.9 Å². The van der Waals surface area contributed by atoms with Crippen LogP contribution in [0.1, 0.15) is 32.1 Å².